The molecule has 0 aliphatic carbocycles. The fourth-order valence-electron chi connectivity index (χ4n) is 6.93. The normalized spacial score (nSPS) is 25.5. The zero-order chi connectivity index (χ0) is 31.6. The van der Waals surface area contributed by atoms with E-state index in [0.717, 1.165) is 43.1 Å². The van der Waals surface area contributed by atoms with Gasteiger partial charge in [0.25, 0.3) is 5.79 Å². The number of carbonyl (C=O) groups is 1. The number of carbonyl (C=O) groups excluding carboxylic acids is 1. The molecule has 0 amide bonds. The first-order valence-electron chi connectivity index (χ1n) is 15.4. The van der Waals surface area contributed by atoms with E-state index < -0.39 is 11.8 Å². The maximum atomic E-state index is 12.4. The Morgan fingerprint density at radius 3 is 2.72 bits per heavy atom. The van der Waals surface area contributed by atoms with Crippen LogP contribution in [0.5, 0.6) is 11.5 Å². The van der Waals surface area contributed by atoms with Crippen molar-refractivity contribution in [2.45, 2.75) is 50.4 Å². The second-order valence-electron chi connectivity index (χ2n) is 12.2. The van der Waals surface area contributed by atoms with Gasteiger partial charge in [-0.3, -0.25) is 9.88 Å². The lowest BCUT2D eigenvalue weighted by atomic mass is 10.0. The molecule has 8 rings (SSSR count). The molecule has 13 heteroatoms. The van der Waals surface area contributed by atoms with Gasteiger partial charge in [-0.15, -0.1) is 0 Å². The highest BCUT2D eigenvalue weighted by atomic mass is 35.5. The summed E-state index contributed by atoms with van der Waals surface area (Å²) in [4.78, 5) is 26.7. The van der Waals surface area contributed by atoms with Crippen LogP contribution in [-0.2, 0) is 33.1 Å². The Bertz CT molecular complexity index is 1810. The van der Waals surface area contributed by atoms with Crippen LogP contribution in [0, 0.1) is 0 Å². The molecule has 4 aliphatic heterocycles. The number of imidazole rings is 1. The number of esters is 1. The predicted molar refractivity (Wildman–Crippen MR) is 171 cm³/mol. The number of pyridine rings is 1. The molecule has 0 bridgehead atoms. The number of ether oxygens (including phenoxy) is 5. The molecule has 3 fully saturated rings. The van der Waals surface area contributed by atoms with Gasteiger partial charge >= 0.3 is 5.97 Å². The van der Waals surface area contributed by atoms with E-state index in [1.165, 1.54) is 7.11 Å². The standard InChI is InChI=1S/C33H33Cl2N5O6/c1-33(28-7-6-20(34)14-36-28)45-27-5-3-4-23(31(27)46-33)39-10-9-38(25-17-43-18-26(25)39)16-29-37-30-22(35)12-19(32(41)42-2)13-24(30)40(29)15-21-8-11-44-21/h3-7,12-14,21,25-26H,8-11,15-18H2,1-2H3/t21-,25-,26+,33-/m0/s1. The number of hydrogen-bond donors (Lipinski definition) is 0. The first kappa shape index (κ1) is 29.8. The minimum Gasteiger partial charge on any atom is -0.465 e. The average Bonchev–Trinajstić information content (AvgIpc) is 3.75. The van der Waals surface area contributed by atoms with Gasteiger partial charge in [0.05, 0.1) is 78.4 Å². The van der Waals surface area contributed by atoms with Gasteiger partial charge in [-0.1, -0.05) is 29.3 Å². The summed E-state index contributed by atoms with van der Waals surface area (Å²) in [7, 11) is 1.36. The number of nitrogens with zero attached hydrogens (tertiary/aromatic N) is 5. The van der Waals surface area contributed by atoms with E-state index in [0.29, 0.717) is 64.6 Å². The van der Waals surface area contributed by atoms with Crippen LogP contribution in [0.4, 0.5) is 5.69 Å². The van der Waals surface area contributed by atoms with Crippen LogP contribution in [0.25, 0.3) is 11.0 Å². The summed E-state index contributed by atoms with van der Waals surface area (Å²) in [5, 5.41) is 0.968. The SMILES string of the molecule is COC(=O)c1cc(Cl)c2nc(CN3CCN(c4cccc5c4O[C@@](C)(c4ccc(Cl)cn4)O5)[C@@H]4COC[C@@H]43)n(C[C@@H]3CCO3)c2c1. The zero-order valence-electron chi connectivity index (χ0n) is 25.4. The summed E-state index contributed by atoms with van der Waals surface area (Å²) in [6, 6.07) is 13.2. The molecule has 3 saturated heterocycles. The maximum Gasteiger partial charge on any atom is 0.337 e. The fraction of sp³-hybridized carbons (Fsp3) is 0.424. The smallest absolute Gasteiger partial charge is 0.337 e. The largest absolute Gasteiger partial charge is 0.465 e. The Balaban J connectivity index is 1.08. The summed E-state index contributed by atoms with van der Waals surface area (Å²) in [5.41, 5.74) is 3.46. The summed E-state index contributed by atoms with van der Waals surface area (Å²) in [6.07, 6.45) is 2.66. The van der Waals surface area contributed by atoms with Crippen molar-refractivity contribution in [2.24, 2.45) is 0 Å². The molecule has 11 nitrogen and oxygen atoms in total. The molecule has 4 aromatic rings. The Hall–Kier alpha value is -3.61. The molecule has 0 spiro atoms. The number of piperazine rings is 1. The third kappa shape index (κ3) is 5.05. The summed E-state index contributed by atoms with van der Waals surface area (Å²) < 4.78 is 31.9. The van der Waals surface area contributed by atoms with E-state index in [9.17, 15) is 4.79 Å². The van der Waals surface area contributed by atoms with Crippen molar-refractivity contribution in [3.63, 3.8) is 0 Å². The third-order valence-corrected chi connectivity index (χ3v) is 9.92. The van der Waals surface area contributed by atoms with Gasteiger partial charge < -0.3 is 33.2 Å². The number of benzene rings is 2. The molecule has 240 valence electrons. The molecule has 2 aromatic heterocycles. The van der Waals surface area contributed by atoms with Crippen molar-refractivity contribution in [2.75, 3.05) is 44.9 Å². The van der Waals surface area contributed by atoms with E-state index in [2.05, 4.69) is 25.4 Å². The highest BCUT2D eigenvalue weighted by molar-refractivity contribution is 6.35. The third-order valence-electron chi connectivity index (χ3n) is 9.41. The van der Waals surface area contributed by atoms with Gasteiger partial charge in [0, 0.05) is 32.8 Å². The van der Waals surface area contributed by atoms with E-state index in [4.69, 9.17) is 51.9 Å². The molecular formula is C33H33Cl2N5O6. The van der Waals surface area contributed by atoms with E-state index >= 15 is 0 Å². The number of rotatable bonds is 7. The molecular weight excluding hydrogens is 633 g/mol. The van der Waals surface area contributed by atoms with Gasteiger partial charge in [0.2, 0.25) is 0 Å². The molecule has 4 aliphatic rings. The van der Waals surface area contributed by atoms with Crippen LogP contribution in [0.15, 0.2) is 48.7 Å². The summed E-state index contributed by atoms with van der Waals surface area (Å²) in [6.45, 7) is 6.55. The maximum absolute atomic E-state index is 12.4. The van der Waals surface area contributed by atoms with Crippen molar-refractivity contribution in [1.29, 1.82) is 0 Å². The molecule has 0 radical (unpaired) electrons. The van der Waals surface area contributed by atoms with Crippen LogP contribution in [0.3, 0.4) is 0 Å². The second-order valence-corrected chi connectivity index (χ2v) is 13.0. The topological polar surface area (TPSA) is 100 Å². The number of anilines is 1. The van der Waals surface area contributed by atoms with Crippen LogP contribution in [0.1, 0.15) is 35.2 Å². The number of aromatic nitrogens is 3. The minimum atomic E-state index is -1.07. The molecule has 0 N–H and O–H groups in total. The molecule has 2 aromatic carbocycles. The Morgan fingerprint density at radius 1 is 1.11 bits per heavy atom. The van der Waals surface area contributed by atoms with E-state index in [1.807, 2.05) is 31.2 Å². The van der Waals surface area contributed by atoms with E-state index in [-0.39, 0.29) is 18.2 Å². The summed E-state index contributed by atoms with van der Waals surface area (Å²) in [5.74, 6) is 0.724. The fourth-order valence-corrected chi connectivity index (χ4v) is 7.30. The molecule has 0 saturated carbocycles. The molecule has 46 heavy (non-hydrogen) atoms. The first-order chi connectivity index (χ1) is 22.3. The number of halogens is 2. The lowest BCUT2D eigenvalue weighted by molar-refractivity contribution is -0.0716. The highest BCUT2D eigenvalue weighted by Gasteiger charge is 2.46. The Morgan fingerprint density at radius 2 is 1.96 bits per heavy atom. The predicted octanol–water partition coefficient (Wildman–Crippen LogP) is 5.05. The molecule has 0 unspecified atom stereocenters. The average molecular weight is 667 g/mol. The van der Waals surface area contributed by atoms with Crippen LogP contribution >= 0.6 is 23.2 Å². The van der Waals surface area contributed by atoms with E-state index in [1.54, 1.807) is 18.3 Å². The van der Waals surface area contributed by atoms with Gasteiger partial charge in [-0.2, -0.15) is 0 Å². The number of fused-ring (bicyclic) bond motifs is 3. The lowest BCUT2D eigenvalue weighted by Gasteiger charge is -2.44. The van der Waals surface area contributed by atoms with Crippen LogP contribution in [0.2, 0.25) is 10.0 Å². The quantitative estimate of drug-likeness (QED) is 0.249. The molecule has 6 heterocycles. The van der Waals surface area contributed by atoms with Crippen LogP contribution < -0.4 is 14.4 Å². The zero-order valence-corrected chi connectivity index (χ0v) is 27.0. The summed E-state index contributed by atoms with van der Waals surface area (Å²) >= 11 is 12.8. The van der Waals surface area contributed by atoms with Crippen molar-refractivity contribution in [1.82, 2.24) is 19.4 Å². The van der Waals surface area contributed by atoms with Crippen molar-refractivity contribution < 1.29 is 28.5 Å². The van der Waals surface area contributed by atoms with Gasteiger partial charge in [-0.25, -0.2) is 9.78 Å². The van der Waals surface area contributed by atoms with Gasteiger partial charge in [-0.05, 0) is 42.8 Å². The minimum absolute atomic E-state index is 0.0895. The first-order valence-corrected chi connectivity index (χ1v) is 16.2. The van der Waals surface area contributed by atoms with Gasteiger partial charge in [0.15, 0.2) is 11.5 Å². The second kappa shape index (κ2) is 11.6. The number of para-hydroxylation sites is 1. The van der Waals surface area contributed by atoms with Crippen LogP contribution in [-0.4, -0.2) is 83.6 Å². The van der Waals surface area contributed by atoms with Crippen molar-refractivity contribution >= 4 is 45.9 Å². The monoisotopic (exact) mass is 665 g/mol. The van der Waals surface area contributed by atoms with Crippen molar-refractivity contribution in [3.05, 3.63) is 75.8 Å². The number of hydrogen-bond acceptors (Lipinski definition) is 10. The number of methoxy groups -OCH3 is 1. The van der Waals surface area contributed by atoms with Crippen molar-refractivity contribution in [3.8, 4) is 11.5 Å². The lowest BCUT2D eigenvalue weighted by Crippen LogP contribution is -2.59. The van der Waals surface area contributed by atoms with Gasteiger partial charge in [0.1, 0.15) is 17.0 Å². The highest BCUT2D eigenvalue weighted by Crippen LogP contribution is 2.50. The Kier molecular flexibility index (Phi) is 7.49. The Labute approximate surface area is 275 Å². The molecule has 4 atom stereocenters.